The lowest BCUT2D eigenvalue weighted by Gasteiger charge is -2.35. The molecule has 0 aliphatic carbocycles. The number of halogens is 1. The second-order valence-corrected chi connectivity index (χ2v) is 6.64. The fourth-order valence-corrected chi connectivity index (χ4v) is 3.69. The summed E-state index contributed by atoms with van der Waals surface area (Å²) in [5.41, 5.74) is 8.21. The van der Waals surface area contributed by atoms with Crippen molar-refractivity contribution in [3.8, 4) is 0 Å². The fourth-order valence-electron chi connectivity index (χ4n) is 2.37. The molecular formula is C14H21ClN2S. The zero-order valence-corrected chi connectivity index (χ0v) is 12.6. The molecule has 2 N–H and O–H groups in total. The van der Waals surface area contributed by atoms with Crippen molar-refractivity contribution in [2.24, 2.45) is 5.73 Å². The van der Waals surface area contributed by atoms with E-state index in [1.807, 2.05) is 18.7 Å². The molecule has 0 aromatic heterocycles. The topological polar surface area (TPSA) is 29.3 Å². The molecule has 18 heavy (non-hydrogen) atoms. The number of nitrogens with zero attached hydrogens (tertiary/aromatic N) is 1. The van der Waals surface area contributed by atoms with Crippen LogP contribution in [0.4, 0.5) is 5.69 Å². The van der Waals surface area contributed by atoms with Gasteiger partial charge in [0.05, 0.1) is 10.7 Å². The summed E-state index contributed by atoms with van der Waals surface area (Å²) in [7, 11) is 0. The lowest BCUT2D eigenvalue weighted by Crippen LogP contribution is -2.40. The minimum Gasteiger partial charge on any atom is -0.366 e. The number of thioether (sulfide) groups is 1. The highest BCUT2D eigenvalue weighted by Gasteiger charge is 2.20. The number of hydrogen-bond acceptors (Lipinski definition) is 3. The lowest BCUT2D eigenvalue weighted by molar-refractivity contribution is 0.699. The van der Waals surface area contributed by atoms with Gasteiger partial charge in [0.15, 0.2) is 0 Å². The van der Waals surface area contributed by atoms with Crippen LogP contribution in [0.15, 0.2) is 18.2 Å². The van der Waals surface area contributed by atoms with Crippen LogP contribution in [0.5, 0.6) is 0 Å². The third-order valence-corrected chi connectivity index (χ3v) is 4.74. The smallest absolute Gasteiger partial charge is 0.0642 e. The second kappa shape index (κ2) is 6.18. The predicted octanol–water partition coefficient (Wildman–Crippen LogP) is 3.17. The Kier molecular flexibility index (Phi) is 4.82. The first kappa shape index (κ1) is 14.0. The quantitative estimate of drug-likeness (QED) is 0.924. The first-order chi connectivity index (χ1) is 8.58. The van der Waals surface area contributed by atoms with E-state index in [-0.39, 0.29) is 6.04 Å². The molecule has 0 amide bonds. The molecule has 2 nitrogen and oxygen atoms in total. The Hall–Kier alpha value is -0.380. The van der Waals surface area contributed by atoms with Gasteiger partial charge in [-0.2, -0.15) is 11.8 Å². The SMILES string of the molecule is CC(N)Cc1ccc(N2CCSCC2C)c(Cl)c1. The van der Waals surface area contributed by atoms with Crippen LogP contribution in [-0.2, 0) is 6.42 Å². The van der Waals surface area contributed by atoms with Crippen LogP contribution in [-0.4, -0.2) is 30.1 Å². The van der Waals surface area contributed by atoms with Crippen molar-refractivity contribution in [2.75, 3.05) is 23.0 Å². The van der Waals surface area contributed by atoms with E-state index in [0.717, 1.165) is 23.7 Å². The standard InChI is InChI=1S/C14H21ClN2S/c1-10(16)7-12-3-4-14(13(15)8-12)17-5-6-18-9-11(17)2/h3-4,8,10-11H,5-7,9,16H2,1-2H3. The molecule has 0 bridgehead atoms. The first-order valence-electron chi connectivity index (χ1n) is 6.46. The van der Waals surface area contributed by atoms with Gasteiger partial charge in [0.2, 0.25) is 0 Å². The average Bonchev–Trinajstić information content (AvgIpc) is 2.30. The van der Waals surface area contributed by atoms with E-state index >= 15 is 0 Å². The van der Waals surface area contributed by atoms with E-state index in [2.05, 4.69) is 30.0 Å². The highest BCUT2D eigenvalue weighted by Crippen LogP contribution is 2.31. The van der Waals surface area contributed by atoms with E-state index < -0.39 is 0 Å². The molecule has 100 valence electrons. The molecule has 1 aromatic rings. The van der Waals surface area contributed by atoms with Crippen LogP contribution in [0.3, 0.4) is 0 Å². The zero-order chi connectivity index (χ0) is 13.1. The molecule has 0 saturated carbocycles. The number of anilines is 1. The Morgan fingerprint density at radius 3 is 2.94 bits per heavy atom. The second-order valence-electron chi connectivity index (χ2n) is 5.08. The summed E-state index contributed by atoms with van der Waals surface area (Å²) in [6.45, 7) is 5.36. The summed E-state index contributed by atoms with van der Waals surface area (Å²) in [4.78, 5) is 2.41. The van der Waals surface area contributed by atoms with Crippen molar-refractivity contribution >= 4 is 29.1 Å². The maximum atomic E-state index is 6.42. The van der Waals surface area contributed by atoms with Gasteiger partial charge in [-0.15, -0.1) is 0 Å². The summed E-state index contributed by atoms with van der Waals surface area (Å²) >= 11 is 8.44. The van der Waals surface area contributed by atoms with E-state index in [9.17, 15) is 0 Å². The number of benzene rings is 1. The normalized spacial score (nSPS) is 22.0. The zero-order valence-electron chi connectivity index (χ0n) is 11.0. The van der Waals surface area contributed by atoms with E-state index in [1.54, 1.807) is 0 Å². The minimum atomic E-state index is 0.178. The first-order valence-corrected chi connectivity index (χ1v) is 7.99. The summed E-state index contributed by atoms with van der Waals surface area (Å²) in [5, 5.41) is 0.854. The van der Waals surface area contributed by atoms with Gasteiger partial charge in [-0.1, -0.05) is 17.7 Å². The highest BCUT2D eigenvalue weighted by atomic mass is 35.5. The van der Waals surface area contributed by atoms with Crippen LogP contribution in [0.1, 0.15) is 19.4 Å². The molecule has 1 aromatic carbocycles. The van der Waals surface area contributed by atoms with Crippen LogP contribution >= 0.6 is 23.4 Å². The van der Waals surface area contributed by atoms with Crippen LogP contribution in [0, 0.1) is 0 Å². The molecule has 1 heterocycles. The molecule has 4 heteroatoms. The molecule has 2 rings (SSSR count). The van der Waals surface area contributed by atoms with Gasteiger partial charge in [-0.25, -0.2) is 0 Å². The summed E-state index contributed by atoms with van der Waals surface area (Å²) in [5.74, 6) is 2.36. The van der Waals surface area contributed by atoms with E-state index in [1.165, 1.54) is 17.1 Å². The van der Waals surface area contributed by atoms with Gasteiger partial charge >= 0.3 is 0 Å². The van der Waals surface area contributed by atoms with Crippen LogP contribution < -0.4 is 10.6 Å². The molecule has 2 atom stereocenters. The monoisotopic (exact) mass is 284 g/mol. The van der Waals surface area contributed by atoms with Crippen molar-refractivity contribution in [1.82, 2.24) is 0 Å². The predicted molar refractivity (Wildman–Crippen MR) is 82.9 cm³/mol. The maximum absolute atomic E-state index is 6.42. The molecule has 0 radical (unpaired) electrons. The largest absolute Gasteiger partial charge is 0.366 e. The van der Waals surface area contributed by atoms with Gasteiger partial charge in [0, 0.05) is 30.1 Å². The van der Waals surface area contributed by atoms with Crippen molar-refractivity contribution in [3.05, 3.63) is 28.8 Å². The molecule has 2 unspecified atom stereocenters. The number of rotatable bonds is 3. The highest BCUT2D eigenvalue weighted by molar-refractivity contribution is 7.99. The molecular weight excluding hydrogens is 264 g/mol. The van der Waals surface area contributed by atoms with Gasteiger partial charge in [-0.05, 0) is 38.0 Å². The Balaban J connectivity index is 2.18. The summed E-state index contributed by atoms with van der Waals surface area (Å²) in [6.07, 6.45) is 0.880. The molecule has 1 saturated heterocycles. The average molecular weight is 285 g/mol. The molecule has 1 aliphatic heterocycles. The van der Waals surface area contributed by atoms with E-state index in [4.69, 9.17) is 17.3 Å². The van der Waals surface area contributed by atoms with Crippen LogP contribution in [0.25, 0.3) is 0 Å². The number of nitrogens with two attached hydrogens (primary N) is 1. The molecule has 1 aliphatic rings. The Morgan fingerprint density at radius 1 is 1.56 bits per heavy atom. The molecule has 0 spiro atoms. The fraction of sp³-hybridized carbons (Fsp3) is 0.571. The van der Waals surface area contributed by atoms with E-state index in [0.29, 0.717) is 6.04 Å². The minimum absolute atomic E-state index is 0.178. The number of hydrogen-bond donors (Lipinski definition) is 1. The lowest BCUT2D eigenvalue weighted by atomic mass is 10.1. The maximum Gasteiger partial charge on any atom is 0.0642 e. The van der Waals surface area contributed by atoms with Gasteiger partial charge in [0.25, 0.3) is 0 Å². The molecule has 1 fully saturated rings. The van der Waals surface area contributed by atoms with Gasteiger partial charge in [0.1, 0.15) is 0 Å². The third-order valence-electron chi connectivity index (χ3n) is 3.25. The van der Waals surface area contributed by atoms with Crippen molar-refractivity contribution in [2.45, 2.75) is 32.4 Å². The van der Waals surface area contributed by atoms with Crippen molar-refractivity contribution < 1.29 is 0 Å². The van der Waals surface area contributed by atoms with Crippen molar-refractivity contribution in [3.63, 3.8) is 0 Å². The summed E-state index contributed by atoms with van der Waals surface area (Å²) < 4.78 is 0. The summed E-state index contributed by atoms with van der Waals surface area (Å²) in [6, 6.07) is 7.10. The third kappa shape index (κ3) is 3.34. The Morgan fingerprint density at radius 2 is 2.33 bits per heavy atom. The Labute approximate surface area is 119 Å². The van der Waals surface area contributed by atoms with Gasteiger partial charge in [-0.3, -0.25) is 0 Å². The van der Waals surface area contributed by atoms with Gasteiger partial charge < -0.3 is 10.6 Å². The van der Waals surface area contributed by atoms with Crippen LogP contribution in [0.2, 0.25) is 5.02 Å². The Bertz CT molecular complexity index is 409. The van der Waals surface area contributed by atoms with Crippen molar-refractivity contribution in [1.29, 1.82) is 0 Å².